The molecule has 0 aliphatic heterocycles. The molecule has 1 aliphatic carbocycles. The van der Waals surface area contributed by atoms with Crippen LogP contribution in [0.3, 0.4) is 0 Å². The second kappa shape index (κ2) is 3.88. The Bertz CT molecular complexity index is 630. The van der Waals surface area contributed by atoms with Crippen molar-refractivity contribution in [1.29, 1.82) is 0 Å². The van der Waals surface area contributed by atoms with Gasteiger partial charge in [0.2, 0.25) is 0 Å². The second-order valence-electron chi connectivity index (χ2n) is 4.55. The Labute approximate surface area is 101 Å². The maximum absolute atomic E-state index is 4.68. The van der Waals surface area contributed by atoms with E-state index in [-0.39, 0.29) is 0 Å². The van der Waals surface area contributed by atoms with Gasteiger partial charge in [-0.2, -0.15) is 0 Å². The molecule has 1 aromatic heterocycles. The van der Waals surface area contributed by atoms with Crippen molar-refractivity contribution in [2.75, 3.05) is 0 Å². The molecule has 0 fully saturated rings. The third-order valence-corrected chi connectivity index (χ3v) is 3.29. The van der Waals surface area contributed by atoms with E-state index in [1.54, 1.807) is 0 Å². The maximum Gasteiger partial charge on any atom is 0.111 e. The van der Waals surface area contributed by atoms with Gasteiger partial charge in [-0.25, -0.2) is 4.98 Å². The van der Waals surface area contributed by atoms with Crippen LogP contribution in [0.5, 0.6) is 0 Å². The molecule has 2 aromatic rings. The van der Waals surface area contributed by atoms with Crippen molar-refractivity contribution < 1.29 is 0 Å². The van der Waals surface area contributed by atoms with E-state index in [1.165, 1.54) is 16.8 Å². The normalized spacial score (nSPS) is 15.3. The summed E-state index contributed by atoms with van der Waals surface area (Å²) in [5, 5.41) is 0. The molecule has 17 heavy (non-hydrogen) atoms. The van der Waals surface area contributed by atoms with Crippen LogP contribution in [0, 0.1) is 13.8 Å². The first-order chi connectivity index (χ1) is 8.27. The molecule has 2 heteroatoms. The number of para-hydroxylation sites is 1. The van der Waals surface area contributed by atoms with Crippen LogP contribution in [-0.4, -0.2) is 9.55 Å². The van der Waals surface area contributed by atoms with Gasteiger partial charge in [0.05, 0.1) is 11.0 Å². The molecule has 0 radical (unpaired) electrons. The van der Waals surface area contributed by atoms with Crippen molar-refractivity contribution in [1.82, 2.24) is 9.55 Å². The average Bonchev–Trinajstić information content (AvgIpc) is 2.68. The minimum absolute atomic E-state index is 1.06. The van der Waals surface area contributed by atoms with Gasteiger partial charge in [0.25, 0.3) is 0 Å². The number of allylic oxidation sites excluding steroid dienone is 4. The van der Waals surface area contributed by atoms with Crippen LogP contribution < -0.4 is 0 Å². The van der Waals surface area contributed by atoms with Gasteiger partial charge < -0.3 is 0 Å². The summed E-state index contributed by atoms with van der Waals surface area (Å²) in [6, 6.07) is 6.36. The molecular weight excluding hydrogens is 208 g/mol. The number of hydrogen-bond acceptors (Lipinski definition) is 1. The molecule has 0 N–H and O–H groups in total. The first-order valence-corrected chi connectivity index (χ1v) is 6.09. The summed E-state index contributed by atoms with van der Waals surface area (Å²) in [6.07, 6.45) is 8.98. The van der Waals surface area contributed by atoms with E-state index in [9.17, 15) is 0 Å². The van der Waals surface area contributed by atoms with Gasteiger partial charge >= 0.3 is 0 Å². The van der Waals surface area contributed by atoms with Crippen LogP contribution in [0.4, 0.5) is 0 Å². The Hall–Kier alpha value is -1.83. The number of rotatable bonds is 1. The van der Waals surface area contributed by atoms with Crippen molar-refractivity contribution in [2.45, 2.75) is 26.7 Å². The SMILES string of the molecule is Cc1cccc2c1nc(C)n2C1=CCCC=C1. The van der Waals surface area contributed by atoms with Crippen molar-refractivity contribution in [3.8, 4) is 0 Å². The summed E-state index contributed by atoms with van der Waals surface area (Å²) in [5.41, 5.74) is 4.82. The van der Waals surface area contributed by atoms with Gasteiger partial charge in [0.15, 0.2) is 0 Å². The Kier molecular flexibility index (Phi) is 2.36. The van der Waals surface area contributed by atoms with Gasteiger partial charge in [-0.05, 0) is 44.4 Å². The number of fused-ring (bicyclic) bond motifs is 1. The third-order valence-electron chi connectivity index (χ3n) is 3.29. The largest absolute Gasteiger partial charge is 0.297 e. The summed E-state index contributed by atoms with van der Waals surface area (Å²) in [7, 11) is 0. The highest BCUT2D eigenvalue weighted by Gasteiger charge is 2.11. The molecule has 86 valence electrons. The molecule has 2 nitrogen and oxygen atoms in total. The minimum atomic E-state index is 1.06. The summed E-state index contributed by atoms with van der Waals surface area (Å²) >= 11 is 0. The third kappa shape index (κ3) is 1.60. The minimum Gasteiger partial charge on any atom is -0.297 e. The van der Waals surface area contributed by atoms with Crippen LogP contribution >= 0.6 is 0 Å². The van der Waals surface area contributed by atoms with E-state index in [4.69, 9.17) is 0 Å². The zero-order chi connectivity index (χ0) is 11.8. The Morgan fingerprint density at radius 2 is 2.06 bits per heavy atom. The van der Waals surface area contributed by atoms with E-state index in [0.29, 0.717) is 0 Å². The molecule has 1 aromatic carbocycles. The smallest absolute Gasteiger partial charge is 0.111 e. The molecule has 0 atom stereocenters. The quantitative estimate of drug-likeness (QED) is 0.719. The van der Waals surface area contributed by atoms with E-state index >= 15 is 0 Å². The molecule has 0 spiro atoms. The van der Waals surface area contributed by atoms with Gasteiger partial charge in [0, 0.05) is 5.70 Å². The number of benzene rings is 1. The van der Waals surface area contributed by atoms with Crippen LogP contribution in [0.15, 0.2) is 36.4 Å². The van der Waals surface area contributed by atoms with E-state index in [2.05, 4.69) is 59.8 Å². The molecule has 3 rings (SSSR count). The molecule has 0 saturated carbocycles. The van der Waals surface area contributed by atoms with E-state index < -0.39 is 0 Å². The molecule has 0 bridgehead atoms. The predicted molar refractivity (Wildman–Crippen MR) is 71.9 cm³/mol. The molecule has 0 amide bonds. The number of nitrogens with zero attached hydrogens (tertiary/aromatic N) is 2. The van der Waals surface area contributed by atoms with Crippen LogP contribution in [0.1, 0.15) is 24.2 Å². The lowest BCUT2D eigenvalue weighted by Gasteiger charge is -2.11. The Morgan fingerprint density at radius 3 is 2.82 bits per heavy atom. The number of imidazole rings is 1. The zero-order valence-electron chi connectivity index (χ0n) is 10.3. The number of aromatic nitrogens is 2. The molecule has 1 heterocycles. The lowest BCUT2D eigenvalue weighted by atomic mass is 10.1. The highest BCUT2D eigenvalue weighted by Crippen LogP contribution is 2.25. The van der Waals surface area contributed by atoms with E-state index in [1.807, 2.05) is 0 Å². The highest BCUT2D eigenvalue weighted by atomic mass is 15.1. The lowest BCUT2D eigenvalue weighted by molar-refractivity contribution is 0.977. The summed E-state index contributed by atoms with van der Waals surface area (Å²) in [6.45, 7) is 4.19. The van der Waals surface area contributed by atoms with Crippen molar-refractivity contribution in [3.63, 3.8) is 0 Å². The Morgan fingerprint density at radius 1 is 1.18 bits per heavy atom. The fourth-order valence-electron chi connectivity index (χ4n) is 2.45. The second-order valence-corrected chi connectivity index (χ2v) is 4.55. The van der Waals surface area contributed by atoms with Crippen LogP contribution in [0.25, 0.3) is 16.7 Å². The fourth-order valence-corrected chi connectivity index (χ4v) is 2.45. The summed E-state index contributed by atoms with van der Waals surface area (Å²) < 4.78 is 2.25. The van der Waals surface area contributed by atoms with Gasteiger partial charge in [-0.3, -0.25) is 4.57 Å². The van der Waals surface area contributed by atoms with Crippen LogP contribution in [-0.2, 0) is 0 Å². The standard InChI is InChI=1S/C15H16N2/c1-11-7-6-10-14-15(11)16-12(2)17(14)13-8-4-3-5-9-13/h4,6-10H,3,5H2,1-2H3. The highest BCUT2D eigenvalue weighted by molar-refractivity contribution is 5.84. The fraction of sp³-hybridized carbons (Fsp3) is 0.267. The van der Waals surface area contributed by atoms with Crippen LogP contribution in [0.2, 0.25) is 0 Å². The van der Waals surface area contributed by atoms with E-state index in [0.717, 1.165) is 24.2 Å². The van der Waals surface area contributed by atoms with Gasteiger partial charge in [0.1, 0.15) is 5.82 Å². The summed E-state index contributed by atoms with van der Waals surface area (Å²) in [5.74, 6) is 1.06. The molecule has 1 aliphatic rings. The average molecular weight is 224 g/mol. The lowest BCUT2D eigenvalue weighted by Crippen LogP contribution is -1.99. The Balaban J connectivity index is 2.29. The predicted octanol–water partition coefficient (Wildman–Crippen LogP) is 3.84. The topological polar surface area (TPSA) is 17.8 Å². The monoisotopic (exact) mass is 224 g/mol. The van der Waals surface area contributed by atoms with Crippen molar-refractivity contribution >= 4 is 16.7 Å². The summed E-state index contributed by atoms with van der Waals surface area (Å²) in [4.78, 5) is 4.68. The first kappa shape index (κ1) is 10.3. The van der Waals surface area contributed by atoms with Gasteiger partial charge in [-0.15, -0.1) is 0 Å². The van der Waals surface area contributed by atoms with Crippen molar-refractivity contribution in [3.05, 3.63) is 47.8 Å². The molecular formula is C15H16N2. The molecule has 0 saturated heterocycles. The van der Waals surface area contributed by atoms with Crippen molar-refractivity contribution in [2.24, 2.45) is 0 Å². The zero-order valence-corrected chi connectivity index (χ0v) is 10.3. The van der Waals surface area contributed by atoms with Gasteiger partial charge in [-0.1, -0.05) is 24.3 Å². The maximum atomic E-state index is 4.68. The number of aryl methyl sites for hydroxylation is 2. The number of hydrogen-bond donors (Lipinski definition) is 0. The first-order valence-electron chi connectivity index (χ1n) is 6.09. The molecule has 0 unspecified atom stereocenters.